The van der Waals surface area contributed by atoms with Crippen molar-refractivity contribution >= 4 is 5.91 Å². The average Bonchev–Trinajstić information content (AvgIpc) is 2.61. The number of carbonyl (C=O) groups excluding carboxylic acids is 1. The van der Waals surface area contributed by atoms with Gasteiger partial charge >= 0.3 is 0 Å². The Morgan fingerprint density at radius 2 is 1.65 bits per heavy atom. The van der Waals surface area contributed by atoms with Crippen LogP contribution in [0.2, 0.25) is 0 Å². The van der Waals surface area contributed by atoms with Crippen LogP contribution < -0.4 is 5.73 Å². The molecule has 0 saturated carbocycles. The summed E-state index contributed by atoms with van der Waals surface area (Å²) in [6.45, 7) is 0. The number of primary amides is 1. The van der Waals surface area contributed by atoms with Gasteiger partial charge in [-0.3, -0.25) is 4.79 Å². The SMILES string of the molecule is NC(=O)c1ccccc1CCc1nccc(-c2ccccc2)n1. The van der Waals surface area contributed by atoms with Crippen molar-refractivity contribution in [3.63, 3.8) is 0 Å². The molecule has 0 fully saturated rings. The number of amides is 1. The summed E-state index contributed by atoms with van der Waals surface area (Å²) in [6, 6.07) is 19.3. The molecule has 2 N–H and O–H groups in total. The number of carbonyl (C=O) groups is 1. The van der Waals surface area contributed by atoms with Crippen LogP contribution in [0.5, 0.6) is 0 Å². The minimum absolute atomic E-state index is 0.403. The molecule has 0 bridgehead atoms. The molecule has 1 heterocycles. The minimum Gasteiger partial charge on any atom is -0.366 e. The fourth-order valence-electron chi connectivity index (χ4n) is 2.51. The maximum Gasteiger partial charge on any atom is 0.248 e. The van der Waals surface area contributed by atoms with Crippen LogP contribution in [0, 0.1) is 0 Å². The maximum atomic E-state index is 11.5. The van der Waals surface area contributed by atoms with Crippen LogP contribution in [-0.4, -0.2) is 15.9 Å². The summed E-state index contributed by atoms with van der Waals surface area (Å²) in [5.41, 5.74) is 8.87. The highest BCUT2D eigenvalue weighted by Gasteiger charge is 2.08. The number of nitrogens with two attached hydrogens (primary N) is 1. The van der Waals surface area contributed by atoms with Gasteiger partial charge in [0.05, 0.1) is 5.69 Å². The Morgan fingerprint density at radius 3 is 2.43 bits per heavy atom. The third-order valence-electron chi connectivity index (χ3n) is 3.68. The van der Waals surface area contributed by atoms with Gasteiger partial charge in [-0.25, -0.2) is 9.97 Å². The van der Waals surface area contributed by atoms with Gasteiger partial charge in [0.15, 0.2) is 0 Å². The lowest BCUT2D eigenvalue weighted by Gasteiger charge is -2.07. The first-order valence-electron chi connectivity index (χ1n) is 7.49. The molecule has 0 spiro atoms. The molecule has 0 aliphatic carbocycles. The summed E-state index contributed by atoms with van der Waals surface area (Å²) in [7, 11) is 0. The molecule has 3 aromatic rings. The lowest BCUT2D eigenvalue weighted by atomic mass is 10.0. The number of nitrogens with zero attached hydrogens (tertiary/aromatic N) is 2. The first-order valence-corrected chi connectivity index (χ1v) is 7.49. The largest absolute Gasteiger partial charge is 0.366 e. The summed E-state index contributed by atoms with van der Waals surface area (Å²) >= 11 is 0. The van der Waals surface area contributed by atoms with Crippen molar-refractivity contribution < 1.29 is 4.79 Å². The molecule has 1 amide bonds. The van der Waals surface area contributed by atoms with Crippen LogP contribution in [0.15, 0.2) is 66.9 Å². The van der Waals surface area contributed by atoms with E-state index in [1.54, 1.807) is 12.3 Å². The molecule has 0 aliphatic rings. The van der Waals surface area contributed by atoms with Crippen LogP contribution in [0.1, 0.15) is 21.7 Å². The van der Waals surface area contributed by atoms with E-state index >= 15 is 0 Å². The molecule has 0 aliphatic heterocycles. The van der Waals surface area contributed by atoms with Crippen molar-refractivity contribution in [1.82, 2.24) is 9.97 Å². The zero-order valence-electron chi connectivity index (χ0n) is 12.6. The molecule has 3 rings (SSSR count). The van der Waals surface area contributed by atoms with Gasteiger partial charge in [-0.2, -0.15) is 0 Å². The fraction of sp³-hybridized carbons (Fsp3) is 0.105. The maximum absolute atomic E-state index is 11.5. The predicted molar refractivity (Wildman–Crippen MR) is 89.8 cm³/mol. The zero-order chi connectivity index (χ0) is 16.1. The Bertz CT molecular complexity index is 816. The van der Waals surface area contributed by atoms with Gasteiger partial charge in [0.2, 0.25) is 5.91 Å². The third-order valence-corrected chi connectivity index (χ3v) is 3.68. The summed E-state index contributed by atoms with van der Waals surface area (Å²) in [5.74, 6) is 0.352. The van der Waals surface area contributed by atoms with Gasteiger partial charge in [-0.15, -0.1) is 0 Å². The molecular weight excluding hydrogens is 286 g/mol. The first-order chi connectivity index (χ1) is 11.2. The molecule has 4 heteroatoms. The highest BCUT2D eigenvalue weighted by molar-refractivity contribution is 5.94. The monoisotopic (exact) mass is 303 g/mol. The van der Waals surface area contributed by atoms with Crippen molar-refractivity contribution in [1.29, 1.82) is 0 Å². The fourth-order valence-corrected chi connectivity index (χ4v) is 2.51. The second-order valence-corrected chi connectivity index (χ2v) is 5.25. The third kappa shape index (κ3) is 3.61. The zero-order valence-corrected chi connectivity index (χ0v) is 12.6. The smallest absolute Gasteiger partial charge is 0.248 e. The van der Waals surface area contributed by atoms with E-state index in [1.165, 1.54) is 0 Å². The van der Waals surface area contributed by atoms with E-state index in [9.17, 15) is 4.79 Å². The molecule has 1 aromatic heterocycles. The van der Waals surface area contributed by atoms with Gasteiger partial charge < -0.3 is 5.73 Å². The molecule has 2 aromatic carbocycles. The lowest BCUT2D eigenvalue weighted by molar-refractivity contribution is 0.0999. The number of hydrogen-bond donors (Lipinski definition) is 1. The molecule has 0 unspecified atom stereocenters. The average molecular weight is 303 g/mol. The molecule has 0 radical (unpaired) electrons. The number of aromatic nitrogens is 2. The van der Waals surface area contributed by atoms with Crippen molar-refractivity contribution in [3.8, 4) is 11.3 Å². The minimum atomic E-state index is -0.403. The van der Waals surface area contributed by atoms with Gasteiger partial charge in [-0.05, 0) is 24.1 Å². The Kier molecular flexibility index (Phi) is 4.43. The van der Waals surface area contributed by atoms with E-state index in [0.29, 0.717) is 18.4 Å². The second-order valence-electron chi connectivity index (χ2n) is 5.25. The van der Waals surface area contributed by atoms with Crippen molar-refractivity contribution in [3.05, 3.63) is 83.8 Å². The molecule has 114 valence electrons. The summed E-state index contributed by atoms with van der Waals surface area (Å²) in [6.07, 6.45) is 3.10. The number of rotatable bonds is 5. The number of benzene rings is 2. The van der Waals surface area contributed by atoms with Crippen molar-refractivity contribution in [2.24, 2.45) is 5.73 Å². The Balaban J connectivity index is 1.78. The normalized spacial score (nSPS) is 10.4. The summed E-state index contributed by atoms with van der Waals surface area (Å²) < 4.78 is 0. The van der Waals surface area contributed by atoms with Crippen LogP contribution in [0.3, 0.4) is 0 Å². The van der Waals surface area contributed by atoms with E-state index < -0.39 is 5.91 Å². The molecular formula is C19H17N3O. The predicted octanol–water partition coefficient (Wildman–Crippen LogP) is 3.03. The number of aryl methyl sites for hydroxylation is 2. The van der Waals surface area contributed by atoms with Crippen molar-refractivity contribution in [2.45, 2.75) is 12.8 Å². The highest BCUT2D eigenvalue weighted by Crippen LogP contribution is 2.16. The Hall–Kier alpha value is -3.01. The molecule has 23 heavy (non-hydrogen) atoms. The van der Waals surface area contributed by atoms with Crippen LogP contribution in [0.25, 0.3) is 11.3 Å². The molecule has 0 saturated heterocycles. The van der Waals surface area contributed by atoms with E-state index in [0.717, 1.165) is 22.6 Å². The lowest BCUT2D eigenvalue weighted by Crippen LogP contribution is -2.14. The van der Waals surface area contributed by atoms with Gasteiger partial charge in [-0.1, -0.05) is 48.5 Å². The first kappa shape index (κ1) is 14.9. The standard InChI is InChI=1S/C19H17N3O/c20-19(23)16-9-5-4-6-14(16)10-11-18-21-13-12-17(22-18)15-7-2-1-3-8-15/h1-9,12-13H,10-11H2,(H2,20,23). The summed E-state index contributed by atoms with van der Waals surface area (Å²) in [5, 5.41) is 0. The summed E-state index contributed by atoms with van der Waals surface area (Å²) in [4.78, 5) is 20.4. The highest BCUT2D eigenvalue weighted by atomic mass is 16.1. The number of hydrogen-bond acceptors (Lipinski definition) is 3. The topological polar surface area (TPSA) is 68.9 Å². The van der Waals surface area contributed by atoms with Gasteiger partial charge in [0.25, 0.3) is 0 Å². The van der Waals surface area contributed by atoms with Crippen LogP contribution in [0.4, 0.5) is 0 Å². The van der Waals surface area contributed by atoms with Gasteiger partial charge in [0, 0.05) is 23.7 Å². The quantitative estimate of drug-likeness (QED) is 0.787. The van der Waals surface area contributed by atoms with E-state index in [-0.39, 0.29) is 0 Å². The van der Waals surface area contributed by atoms with Crippen molar-refractivity contribution in [2.75, 3.05) is 0 Å². The second kappa shape index (κ2) is 6.83. The van der Waals surface area contributed by atoms with E-state index in [4.69, 9.17) is 5.73 Å². The molecule has 4 nitrogen and oxygen atoms in total. The Morgan fingerprint density at radius 1 is 0.913 bits per heavy atom. The van der Waals surface area contributed by atoms with Gasteiger partial charge in [0.1, 0.15) is 5.82 Å². The van der Waals surface area contributed by atoms with Crippen LogP contribution >= 0.6 is 0 Å². The molecule has 0 atom stereocenters. The van der Waals surface area contributed by atoms with Crippen LogP contribution in [-0.2, 0) is 12.8 Å². The van der Waals surface area contributed by atoms with E-state index in [1.807, 2.05) is 54.6 Å². The van der Waals surface area contributed by atoms with E-state index in [2.05, 4.69) is 9.97 Å². The Labute approximate surface area is 135 Å².